The molecule has 0 aromatic carbocycles. The zero-order valence-electron chi connectivity index (χ0n) is 10.6. The molecule has 0 saturated heterocycles. The van der Waals surface area contributed by atoms with Gasteiger partial charge in [-0.05, 0) is 47.3 Å². The average Bonchev–Trinajstić information content (AvgIpc) is 2.69. The third-order valence-electron chi connectivity index (χ3n) is 2.41. The number of hydrogen-bond donors (Lipinski definition) is 3. The predicted octanol–water partition coefficient (Wildman–Crippen LogP) is 2.72. The van der Waals surface area contributed by atoms with Gasteiger partial charge in [-0.2, -0.15) is 0 Å². The standard InChI is InChI=1S/C12H19BrN2O2S/c1-8(5-9(2)16)6-14-12(17)15-7-10-3-4-11(13)18-10/h3-4,8-9,16H,5-7H2,1-2H3,(H2,14,15,17). The van der Waals surface area contributed by atoms with Crippen LogP contribution in [0.1, 0.15) is 25.1 Å². The highest BCUT2D eigenvalue weighted by Gasteiger charge is 2.08. The maximum absolute atomic E-state index is 11.5. The summed E-state index contributed by atoms with van der Waals surface area (Å²) in [6.45, 7) is 4.87. The summed E-state index contributed by atoms with van der Waals surface area (Å²) in [5.74, 6) is 0.270. The number of carbonyl (C=O) groups excluding carboxylic acids is 1. The second-order valence-corrected chi connectivity index (χ2v) is 7.01. The molecule has 1 aromatic rings. The van der Waals surface area contributed by atoms with Gasteiger partial charge in [-0.3, -0.25) is 0 Å². The van der Waals surface area contributed by atoms with Crippen molar-refractivity contribution in [2.75, 3.05) is 6.54 Å². The molecule has 0 fully saturated rings. The molecular weight excluding hydrogens is 316 g/mol. The van der Waals surface area contributed by atoms with Crippen LogP contribution >= 0.6 is 27.3 Å². The number of amides is 2. The van der Waals surface area contributed by atoms with Gasteiger partial charge in [0, 0.05) is 11.4 Å². The highest BCUT2D eigenvalue weighted by Crippen LogP contribution is 2.21. The number of urea groups is 1. The third-order valence-corrected chi connectivity index (χ3v) is 4.03. The molecule has 102 valence electrons. The normalized spacial score (nSPS) is 14.0. The van der Waals surface area contributed by atoms with Crippen molar-refractivity contribution in [2.24, 2.45) is 5.92 Å². The van der Waals surface area contributed by atoms with Gasteiger partial charge in [-0.15, -0.1) is 11.3 Å². The first kappa shape index (κ1) is 15.5. The molecule has 2 amide bonds. The molecule has 0 saturated carbocycles. The maximum Gasteiger partial charge on any atom is 0.315 e. The van der Waals surface area contributed by atoms with Gasteiger partial charge in [0.2, 0.25) is 0 Å². The molecular formula is C12H19BrN2O2S. The van der Waals surface area contributed by atoms with Crippen molar-refractivity contribution in [1.82, 2.24) is 10.6 Å². The second kappa shape index (κ2) is 7.76. The maximum atomic E-state index is 11.5. The molecule has 0 aliphatic carbocycles. The topological polar surface area (TPSA) is 61.4 Å². The van der Waals surface area contributed by atoms with Gasteiger partial charge in [0.25, 0.3) is 0 Å². The number of carbonyl (C=O) groups is 1. The van der Waals surface area contributed by atoms with E-state index in [1.807, 2.05) is 19.1 Å². The molecule has 6 heteroatoms. The van der Waals surface area contributed by atoms with Gasteiger partial charge in [-0.1, -0.05) is 6.92 Å². The Kier molecular flexibility index (Phi) is 6.67. The molecule has 3 N–H and O–H groups in total. The smallest absolute Gasteiger partial charge is 0.315 e. The summed E-state index contributed by atoms with van der Waals surface area (Å²) in [4.78, 5) is 12.6. The summed E-state index contributed by atoms with van der Waals surface area (Å²) < 4.78 is 1.06. The van der Waals surface area contributed by atoms with E-state index in [1.165, 1.54) is 0 Å². The van der Waals surface area contributed by atoms with E-state index in [2.05, 4.69) is 26.6 Å². The highest BCUT2D eigenvalue weighted by atomic mass is 79.9. The summed E-state index contributed by atoms with van der Waals surface area (Å²) in [6, 6.07) is 3.77. The van der Waals surface area contributed by atoms with E-state index in [-0.39, 0.29) is 18.1 Å². The largest absolute Gasteiger partial charge is 0.393 e. The second-order valence-electron chi connectivity index (χ2n) is 4.46. The quantitative estimate of drug-likeness (QED) is 0.749. The molecule has 0 spiro atoms. The van der Waals surface area contributed by atoms with E-state index in [9.17, 15) is 9.90 Å². The van der Waals surface area contributed by atoms with Crippen LogP contribution in [0.5, 0.6) is 0 Å². The molecule has 0 aliphatic rings. The first-order valence-corrected chi connectivity index (χ1v) is 7.52. The van der Waals surface area contributed by atoms with E-state index in [0.29, 0.717) is 19.5 Å². The number of nitrogens with one attached hydrogen (secondary N) is 2. The summed E-state index contributed by atoms with van der Waals surface area (Å²) in [5.41, 5.74) is 0. The zero-order valence-corrected chi connectivity index (χ0v) is 13.0. The summed E-state index contributed by atoms with van der Waals surface area (Å²) in [6.07, 6.45) is 0.367. The van der Waals surface area contributed by atoms with E-state index < -0.39 is 0 Å². The lowest BCUT2D eigenvalue weighted by Crippen LogP contribution is -2.37. The fourth-order valence-electron chi connectivity index (χ4n) is 1.61. The lowest BCUT2D eigenvalue weighted by Gasteiger charge is -2.14. The Labute approximate surface area is 120 Å². The van der Waals surface area contributed by atoms with Crippen LogP contribution in [0.25, 0.3) is 0 Å². The van der Waals surface area contributed by atoms with Crippen LogP contribution < -0.4 is 10.6 Å². The Bertz CT molecular complexity index is 382. The van der Waals surface area contributed by atoms with Crippen LogP contribution in [0.3, 0.4) is 0 Å². The molecule has 4 nitrogen and oxygen atoms in total. The fraction of sp³-hybridized carbons (Fsp3) is 0.583. The lowest BCUT2D eigenvalue weighted by molar-refractivity contribution is 0.163. The van der Waals surface area contributed by atoms with Crippen molar-refractivity contribution in [1.29, 1.82) is 0 Å². The van der Waals surface area contributed by atoms with E-state index >= 15 is 0 Å². The SMILES string of the molecule is CC(O)CC(C)CNC(=O)NCc1ccc(Br)s1. The lowest BCUT2D eigenvalue weighted by atomic mass is 10.1. The van der Waals surface area contributed by atoms with Gasteiger partial charge < -0.3 is 15.7 Å². The van der Waals surface area contributed by atoms with Crippen molar-refractivity contribution in [3.63, 3.8) is 0 Å². The number of halogens is 1. The van der Waals surface area contributed by atoms with Crippen LogP contribution in [0.15, 0.2) is 15.9 Å². The number of aliphatic hydroxyl groups is 1. The van der Waals surface area contributed by atoms with E-state index in [0.717, 1.165) is 8.66 Å². The van der Waals surface area contributed by atoms with Crippen LogP contribution in [0.4, 0.5) is 4.79 Å². The van der Waals surface area contributed by atoms with Gasteiger partial charge in [0.15, 0.2) is 0 Å². The molecule has 0 bridgehead atoms. The first-order chi connectivity index (χ1) is 8.47. The highest BCUT2D eigenvalue weighted by molar-refractivity contribution is 9.11. The Hall–Kier alpha value is -0.590. The zero-order chi connectivity index (χ0) is 13.5. The molecule has 0 aliphatic heterocycles. The summed E-state index contributed by atoms with van der Waals surface area (Å²) >= 11 is 4.98. The predicted molar refractivity (Wildman–Crippen MR) is 77.7 cm³/mol. The number of aliphatic hydroxyl groups excluding tert-OH is 1. The van der Waals surface area contributed by atoms with Crippen LogP contribution in [-0.4, -0.2) is 23.8 Å². The summed E-state index contributed by atoms with van der Waals surface area (Å²) in [5, 5.41) is 14.8. The van der Waals surface area contributed by atoms with Gasteiger partial charge in [0.05, 0.1) is 16.4 Å². The molecule has 1 aromatic heterocycles. The Morgan fingerprint density at radius 1 is 1.44 bits per heavy atom. The van der Waals surface area contributed by atoms with Gasteiger partial charge >= 0.3 is 6.03 Å². The number of rotatable bonds is 6. The minimum absolute atomic E-state index is 0.169. The average molecular weight is 335 g/mol. The van der Waals surface area contributed by atoms with E-state index in [1.54, 1.807) is 18.3 Å². The van der Waals surface area contributed by atoms with Crippen LogP contribution in [0.2, 0.25) is 0 Å². The number of thiophene rings is 1. The van der Waals surface area contributed by atoms with Crippen LogP contribution in [0, 0.1) is 5.92 Å². The molecule has 1 rings (SSSR count). The number of hydrogen-bond acceptors (Lipinski definition) is 3. The van der Waals surface area contributed by atoms with Crippen LogP contribution in [-0.2, 0) is 6.54 Å². The Morgan fingerprint density at radius 3 is 2.72 bits per heavy atom. The Morgan fingerprint density at radius 2 is 2.17 bits per heavy atom. The molecule has 2 unspecified atom stereocenters. The van der Waals surface area contributed by atoms with Crippen molar-refractivity contribution in [3.05, 3.63) is 20.8 Å². The van der Waals surface area contributed by atoms with Gasteiger partial charge in [-0.25, -0.2) is 4.79 Å². The minimum atomic E-state index is -0.326. The van der Waals surface area contributed by atoms with Gasteiger partial charge in [0.1, 0.15) is 0 Å². The summed E-state index contributed by atoms with van der Waals surface area (Å²) in [7, 11) is 0. The fourth-order valence-corrected chi connectivity index (χ4v) is 3.03. The molecule has 2 atom stereocenters. The Balaban J connectivity index is 2.18. The first-order valence-electron chi connectivity index (χ1n) is 5.91. The van der Waals surface area contributed by atoms with Crippen molar-refractivity contribution < 1.29 is 9.90 Å². The molecule has 1 heterocycles. The van der Waals surface area contributed by atoms with Crippen molar-refractivity contribution >= 4 is 33.3 Å². The van der Waals surface area contributed by atoms with E-state index in [4.69, 9.17) is 0 Å². The molecule has 0 radical (unpaired) electrons. The minimum Gasteiger partial charge on any atom is -0.393 e. The monoisotopic (exact) mass is 334 g/mol. The van der Waals surface area contributed by atoms with Crippen molar-refractivity contribution in [3.8, 4) is 0 Å². The molecule has 18 heavy (non-hydrogen) atoms. The third kappa shape index (κ3) is 6.37. The van der Waals surface area contributed by atoms with Crippen molar-refractivity contribution in [2.45, 2.75) is 32.9 Å².